The quantitative estimate of drug-likeness (QED) is 0.398. The number of hydrogen-bond donors (Lipinski definition) is 2. The van der Waals surface area contributed by atoms with Gasteiger partial charge in [0.2, 0.25) is 0 Å². The Morgan fingerprint density at radius 3 is 2.33 bits per heavy atom. The van der Waals surface area contributed by atoms with Gasteiger partial charge in [0.25, 0.3) is 0 Å². The molecule has 15 heavy (non-hydrogen) atoms. The largest absolute Gasteiger partial charge is 0.392 e. The van der Waals surface area contributed by atoms with Crippen LogP contribution in [0.3, 0.4) is 0 Å². The lowest BCUT2D eigenvalue weighted by atomic mass is 10.0. The SMILES string of the molecule is CC(C)CN=CC(CC(O)C(C)C)=NN. The molecule has 0 aromatic carbocycles. The van der Waals surface area contributed by atoms with Crippen LogP contribution in [0.5, 0.6) is 0 Å². The minimum absolute atomic E-state index is 0.209. The molecule has 0 aliphatic heterocycles. The maximum absolute atomic E-state index is 9.64. The van der Waals surface area contributed by atoms with Gasteiger partial charge in [0.15, 0.2) is 0 Å². The molecule has 88 valence electrons. The van der Waals surface area contributed by atoms with Crippen LogP contribution in [0.1, 0.15) is 34.1 Å². The molecule has 0 aliphatic carbocycles. The standard InChI is InChI=1S/C11H23N3O/c1-8(2)6-13-7-10(14-12)5-11(15)9(3)4/h7-9,11,15H,5-6,12H2,1-4H3. The zero-order chi connectivity index (χ0) is 11.8. The smallest absolute Gasteiger partial charge is 0.0804 e. The topological polar surface area (TPSA) is 71.0 Å². The Balaban J connectivity index is 4.10. The maximum atomic E-state index is 9.64. The van der Waals surface area contributed by atoms with Crippen LogP contribution in [0, 0.1) is 11.8 Å². The molecule has 3 N–H and O–H groups in total. The minimum Gasteiger partial charge on any atom is -0.392 e. The fourth-order valence-electron chi connectivity index (χ4n) is 0.958. The molecule has 1 unspecified atom stereocenters. The van der Waals surface area contributed by atoms with Gasteiger partial charge in [-0.1, -0.05) is 27.7 Å². The Labute approximate surface area is 92.3 Å². The van der Waals surface area contributed by atoms with E-state index in [1.54, 1.807) is 6.21 Å². The van der Waals surface area contributed by atoms with Crippen molar-refractivity contribution < 1.29 is 5.11 Å². The van der Waals surface area contributed by atoms with Crippen molar-refractivity contribution in [2.75, 3.05) is 6.54 Å². The lowest BCUT2D eigenvalue weighted by molar-refractivity contribution is 0.133. The highest BCUT2D eigenvalue weighted by molar-refractivity contribution is 6.30. The van der Waals surface area contributed by atoms with Crippen molar-refractivity contribution in [3.63, 3.8) is 0 Å². The zero-order valence-electron chi connectivity index (χ0n) is 10.1. The summed E-state index contributed by atoms with van der Waals surface area (Å²) < 4.78 is 0. The summed E-state index contributed by atoms with van der Waals surface area (Å²) in [5, 5.41) is 13.3. The highest BCUT2D eigenvalue weighted by atomic mass is 16.3. The van der Waals surface area contributed by atoms with Crippen LogP contribution < -0.4 is 5.84 Å². The zero-order valence-corrected chi connectivity index (χ0v) is 10.1. The first-order valence-corrected chi connectivity index (χ1v) is 5.42. The molecule has 0 aromatic heterocycles. The van der Waals surface area contributed by atoms with E-state index in [2.05, 4.69) is 23.9 Å². The fourth-order valence-corrected chi connectivity index (χ4v) is 0.958. The molecule has 0 aliphatic rings. The van der Waals surface area contributed by atoms with Gasteiger partial charge in [0.05, 0.1) is 11.8 Å². The highest BCUT2D eigenvalue weighted by Crippen LogP contribution is 2.05. The fraction of sp³-hybridized carbons (Fsp3) is 0.818. The molecule has 4 nitrogen and oxygen atoms in total. The minimum atomic E-state index is -0.405. The van der Waals surface area contributed by atoms with Gasteiger partial charge in [-0.25, -0.2) is 0 Å². The Bertz CT molecular complexity index is 222. The van der Waals surface area contributed by atoms with Crippen molar-refractivity contribution in [2.24, 2.45) is 27.8 Å². The number of rotatable bonds is 6. The molecule has 0 heterocycles. The van der Waals surface area contributed by atoms with E-state index in [1.165, 1.54) is 0 Å². The number of aliphatic hydroxyl groups excluding tert-OH is 1. The lowest BCUT2D eigenvalue weighted by Gasteiger charge is -2.13. The molecule has 0 spiro atoms. The second-order valence-corrected chi connectivity index (χ2v) is 4.52. The van der Waals surface area contributed by atoms with Crippen LogP contribution in [-0.4, -0.2) is 29.7 Å². The van der Waals surface area contributed by atoms with Crippen LogP contribution >= 0.6 is 0 Å². The summed E-state index contributed by atoms with van der Waals surface area (Å²) in [6, 6.07) is 0. The molecule has 0 fully saturated rings. The van der Waals surface area contributed by atoms with Crippen LogP contribution in [0.25, 0.3) is 0 Å². The number of nitrogens with two attached hydrogens (primary N) is 1. The van der Waals surface area contributed by atoms with Crippen LogP contribution in [0.15, 0.2) is 10.1 Å². The number of aliphatic hydroxyl groups is 1. The monoisotopic (exact) mass is 213 g/mol. The summed E-state index contributed by atoms with van der Waals surface area (Å²) in [4.78, 5) is 4.21. The summed E-state index contributed by atoms with van der Waals surface area (Å²) in [5.74, 6) is 5.96. The van der Waals surface area contributed by atoms with E-state index < -0.39 is 6.10 Å². The second kappa shape index (κ2) is 7.40. The Morgan fingerprint density at radius 2 is 1.93 bits per heavy atom. The maximum Gasteiger partial charge on any atom is 0.0804 e. The molecule has 0 aromatic rings. The predicted octanol–water partition coefficient (Wildman–Crippen LogP) is 1.43. The van der Waals surface area contributed by atoms with E-state index >= 15 is 0 Å². The molecule has 0 saturated heterocycles. The first kappa shape index (κ1) is 14.1. The van der Waals surface area contributed by atoms with Gasteiger partial charge in [0.1, 0.15) is 0 Å². The molecular weight excluding hydrogens is 190 g/mol. The molecule has 1 atom stereocenters. The van der Waals surface area contributed by atoms with Gasteiger partial charge in [-0.3, -0.25) is 4.99 Å². The van der Waals surface area contributed by atoms with Crippen molar-refractivity contribution in [1.82, 2.24) is 0 Å². The average Bonchev–Trinajstić information content (AvgIpc) is 2.15. The predicted molar refractivity (Wildman–Crippen MR) is 65.3 cm³/mol. The van der Waals surface area contributed by atoms with Gasteiger partial charge in [-0.2, -0.15) is 5.10 Å². The molecule has 0 saturated carbocycles. The van der Waals surface area contributed by atoms with Crippen molar-refractivity contribution >= 4 is 11.9 Å². The Kier molecular flexibility index (Phi) is 6.96. The van der Waals surface area contributed by atoms with Crippen molar-refractivity contribution in [1.29, 1.82) is 0 Å². The molecule has 0 amide bonds. The molecular formula is C11H23N3O. The lowest BCUT2D eigenvalue weighted by Crippen LogP contribution is -2.21. The van der Waals surface area contributed by atoms with E-state index in [1.807, 2.05) is 13.8 Å². The molecule has 0 radical (unpaired) electrons. The number of hydrogen-bond acceptors (Lipinski definition) is 4. The van der Waals surface area contributed by atoms with Gasteiger partial charge >= 0.3 is 0 Å². The third-order valence-corrected chi connectivity index (χ3v) is 2.06. The summed E-state index contributed by atoms with van der Waals surface area (Å²) in [5.41, 5.74) is 0.650. The van der Waals surface area contributed by atoms with E-state index in [9.17, 15) is 5.11 Å². The second-order valence-electron chi connectivity index (χ2n) is 4.52. The van der Waals surface area contributed by atoms with E-state index in [0.717, 1.165) is 6.54 Å². The molecule has 4 heteroatoms. The average molecular weight is 213 g/mol. The van der Waals surface area contributed by atoms with Gasteiger partial charge in [-0.05, 0) is 11.8 Å². The van der Waals surface area contributed by atoms with E-state index in [4.69, 9.17) is 5.84 Å². The van der Waals surface area contributed by atoms with Gasteiger partial charge < -0.3 is 10.9 Å². The van der Waals surface area contributed by atoms with Crippen LogP contribution in [0.2, 0.25) is 0 Å². The number of aliphatic imine (C=N–C) groups is 1. The van der Waals surface area contributed by atoms with Crippen molar-refractivity contribution in [3.05, 3.63) is 0 Å². The Morgan fingerprint density at radius 1 is 1.33 bits per heavy atom. The van der Waals surface area contributed by atoms with Crippen molar-refractivity contribution in [3.8, 4) is 0 Å². The van der Waals surface area contributed by atoms with Crippen molar-refractivity contribution in [2.45, 2.75) is 40.2 Å². The molecule has 0 rings (SSSR count). The van der Waals surface area contributed by atoms with Crippen LogP contribution in [0.4, 0.5) is 0 Å². The molecule has 0 bridgehead atoms. The summed E-state index contributed by atoms with van der Waals surface area (Å²) in [7, 11) is 0. The van der Waals surface area contributed by atoms with E-state index in [0.29, 0.717) is 18.1 Å². The summed E-state index contributed by atoms with van der Waals surface area (Å²) >= 11 is 0. The first-order chi connectivity index (χ1) is 6.97. The third-order valence-electron chi connectivity index (χ3n) is 2.06. The Hall–Kier alpha value is -0.900. The number of nitrogens with zero attached hydrogens (tertiary/aromatic N) is 2. The van der Waals surface area contributed by atoms with Gasteiger partial charge in [0, 0.05) is 19.2 Å². The normalized spacial score (nSPS) is 15.5. The summed E-state index contributed by atoms with van der Waals surface area (Å²) in [6.45, 7) is 8.88. The van der Waals surface area contributed by atoms with E-state index in [-0.39, 0.29) is 5.92 Å². The summed E-state index contributed by atoms with van der Waals surface area (Å²) in [6.07, 6.45) is 1.72. The number of hydrazone groups is 1. The van der Waals surface area contributed by atoms with Crippen LogP contribution in [-0.2, 0) is 0 Å². The highest BCUT2D eigenvalue weighted by Gasteiger charge is 2.11. The first-order valence-electron chi connectivity index (χ1n) is 5.42. The van der Waals surface area contributed by atoms with Gasteiger partial charge in [-0.15, -0.1) is 0 Å². The third kappa shape index (κ3) is 7.08.